The number of rotatable bonds is 2. The average Bonchev–Trinajstić information content (AvgIpc) is 2.99. The molecule has 88 valence electrons. The fourth-order valence-electron chi connectivity index (χ4n) is 2.02. The van der Waals surface area contributed by atoms with Crippen molar-refractivity contribution < 1.29 is 9.53 Å². The molecule has 1 atom stereocenters. The maximum atomic E-state index is 11.8. The number of anilines is 1. The summed E-state index contributed by atoms with van der Waals surface area (Å²) in [6, 6.07) is 5.66. The Balaban J connectivity index is 1.77. The van der Waals surface area contributed by atoms with Crippen molar-refractivity contribution in [1.29, 1.82) is 0 Å². The van der Waals surface area contributed by atoms with E-state index in [0.717, 1.165) is 29.4 Å². The zero-order valence-electron chi connectivity index (χ0n) is 9.27. The highest BCUT2D eigenvalue weighted by atomic mass is 16.5. The number of aromatic amines is 1. The van der Waals surface area contributed by atoms with Crippen LogP contribution in [-0.4, -0.2) is 28.8 Å². The lowest BCUT2D eigenvalue weighted by Gasteiger charge is -2.10. The Bertz CT molecular complexity index is 543. The number of carbonyl (C=O) groups is 1. The van der Waals surface area contributed by atoms with Crippen LogP contribution in [-0.2, 0) is 9.53 Å². The highest BCUT2D eigenvalue weighted by Gasteiger charge is 2.23. The van der Waals surface area contributed by atoms with Crippen LogP contribution in [0.5, 0.6) is 0 Å². The fraction of sp³-hybridized carbons (Fsp3) is 0.333. The van der Waals surface area contributed by atoms with Gasteiger partial charge >= 0.3 is 0 Å². The maximum absolute atomic E-state index is 11.8. The largest absolute Gasteiger partial charge is 0.368 e. The van der Waals surface area contributed by atoms with E-state index in [1.54, 1.807) is 6.20 Å². The minimum absolute atomic E-state index is 0.0682. The van der Waals surface area contributed by atoms with Gasteiger partial charge in [-0.2, -0.15) is 5.10 Å². The first-order valence-corrected chi connectivity index (χ1v) is 5.68. The van der Waals surface area contributed by atoms with Gasteiger partial charge in [0, 0.05) is 17.7 Å². The molecule has 1 saturated heterocycles. The first-order chi connectivity index (χ1) is 8.33. The highest BCUT2D eigenvalue weighted by Crippen LogP contribution is 2.18. The predicted molar refractivity (Wildman–Crippen MR) is 63.7 cm³/mol. The SMILES string of the molecule is O=C(Nc1ccc2cn[nH]c2c1)C1CCCO1. The molecular weight excluding hydrogens is 218 g/mol. The van der Waals surface area contributed by atoms with Crippen molar-refractivity contribution in [2.75, 3.05) is 11.9 Å². The summed E-state index contributed by atoms with van der Waals surface area (Å²) in [5.74, 6) is -0.0682. The Hall–Kier alpha value is -1.88. The van der Waals surface area contributed by atoms with Crippen LogP contribution in [0.1, 0.15) is 12.8 Å². The zero-order valence-corrected chi connectivity index (χ0v) is 9.27. The smallest absolute Gasteiger partial charge is 0.253 e. The first-order valence-electron chi connectivity index (χ1n) is 5.68. The molecule has 0 bridgehead atoms. The number of amides is 1. The van der Waals surface area contributed by atoms with Crippen molar-refractivity contribution in [3.05, 3.63) is 24.4 Å². The summed E-state index contributed by atoms with van der Waals surface area (Å²) in [5, 5.41) is 10.7. The van der Waals surface area contributed by atoms with Crippen LogP contribution in [0.2, 0.25) is 0 Å². The summed E-state index contributed by atoms with van der Waals surface area (Å²) in [4.78, 5) is 11.8. The van der Waals surface area contributed by atoms with Gasteiger partial charge in [0.05, 0.1) is 11.7 Å². The number of carbonyl (C=O) groups excluding carboxylic acids is 1. The number of nitrogens with one attached hydrogen (secondary N) is 2. The molecule has 2 aromatic rings. The standard InChI is InChI=1S/C12H13N3O2/c16-12(11-2-1-5-17-11)14-9-4-3-8-7-13-15-10(8)6-9/h3-4,6-7,11H,1-2,5H2,(H,13,15)(H,14,16). The second-order valence-corrected chi connectivity index (χ2v) is 4.16. The minimum atomic E-state index is -0.299. The number of H-pyrrole nitrogens is 1. The van der Waals surface area contributed by atoms with Crippen LogP contribution in [0.3, 0.4) is 0 Å². The molecule has 5 nitrogen and oxygen atoms in total. The molecule has 1 aliphatic rings. The highest BCUT2D eigenvalue weighted by molar-refractivity contribution is 5.96. The molecule has 1 aliphatic heterocycles. The summed E-state index contributed by atoms with van der Waals surface area (Å²) in [7, 11) is 0. The Morgan fingerprint density at radius 3 is 3.29 bits per heavy atom. The van der Waals surface area contributed by atoms with Crippen LogP contribution in [0.15, 0.2) is 24.4 Å². The van der Waals surface area contributed by atoms with Crippen molar-refractivity contribution >= 4 is 22.5 Å². The van der Waals surface area contributed by atoms with E-state index >= 15 is 0 Å². The molecule has 1 aromatic carbocycles. The molecule has 1 fully saturated rings. The summed E-state index contributed by atoms with van der Waals surface area (Å²) in [6.07, 6.45) is 3.21. The Morgan fingerprint density at radius 1 is 1.53 bits per heavy atom. The van der Waals surface area contributed by atoms with E-state index in [-0.39, 0.29) is 12.0 Å². The van der Waals surface area contributed by atoms with E-state index in [1.165, 1.54) is 0 Å². The Morgan fingerprint density at radius 2 is 2.47 bits per heavy atom. The van der Waals surface area contributed by atoms with Crippen LogP contribution in [0.4, 0.5) is 5.69 Å². The third kappa shape index (κ3) is 2.01. The first kappa shape index (κ1) is 10.3. The van der Waals surface area contributed by atoms with E-state index in [1.807, 2.05) is 18.2 Å². The van der Waals surface area contributed by atoms with Crippen molar-refractivity contribution in [2.45, 2.75) is 18.9 Å². The van der Waals surface area contributed by atoms with Crippen molar-refractivity contribution in [3.63, 3.8) is 0 Å². The van der Waals surface area contributed by atoms with Gasteiger partial charge in [-0.3, -0.25) is 9.89 Å². The molecule has 1 amide bonds. The lowest BCUT2D eigenvalue weighted by molar-refractivity contribution is -0.124. The second kappa shape index (κ2) is 4.18. The third-order valence-electron chi connectivity index (χ3n) is 2.93. The molecule has 17 heavy (non-hydrogen) atoms. The Kier molecular flexibility index (Phi) is 2.53. The van der Waals surface area contributed by atoms with Crippen molar-refractivity contribution in [3.8, 4) is 0 Å². The lowest BCUT2D eigenvalue weighted by atomic mass is 10.2. The molecule has 5 heteroatoms. The number of nitrogens with zero attached hydrogens (tertiary/aromatic N) is 1. The summed E-state index contributed by atoms with van der Waals surface area (Å²) >= 11 is 0. The summed E-state index contributed by atoms with van der Waals surface area (Å²) in [6.45, 7) is 0.678. The summed E-state index contributed by atoms with van der Waals surface area (Å²) in [5.41, 5.74) is 1.68. The van der Waals surface area contributed by atoms with Gasteiger partial charge in [-0.05, 0) is 31.0 Å². The van der Waals surface area contributed by atoms with E-state index in [0.29, 0.717) is 6.61 Å². The molecular formula is C12H13N3O2. The third-order valence-corrected chi connectivity index (χ3v) is 2.93. The molecule has 2 heterocycles. The van der Waals surface area contributed by atoms with Gasteiger partial charge in [0.1, 0.15) is 6.10 Å². The number of hydrogen-bond donors (Lipinski definition) is 2. The van der Waals surface area contributed by atoms with Gasteiger partial charge in [-0.25, -0.2) is 0 Å². The van der Waals surface area contributed by atoms with E-state index in [2.05, 4.69) is 15.5 Å². The predicted octanol–water partition coefficient (Wildman–Crippen LogP) is 1.68. The average molecular weight is 231 g/mol. The van der Waals surface area contributed by atoms with E-state index in [4.69, 9.17) is 4.74 Å². The van der Waals surface area contributed by atoms with E-state index in [9.17, 15) is 4.79 Å². The molecule has 0 spiro atoms. The normalized spacial score (nSPS) is 19.6. The molecule has 3 rings (SSSR count). The van der Waals surface area contributed by atoms with E-state index < -0.39 is 0 Å². The lowest BCUT2D eigenvalue weighted by Crippen LogP contribution is -2.26. The molecule has 1 unspecified atom stereocenters. The second-order valence-electron chi connectivity index (χ2n) is 4.16. The number of aromatic nitrogens is 2. The monoisotopic (exact) mass is 231 g/mol. The van der Waals surface area contributed by atoms with Gasteiger partial charge in [0.2, 0.25) is 0 Å². The van der Waals surface area contributed by atoms with Crippen molar-refractivity contribution in [2.24, 2.45) is 0 Å². The molecule has 0 saturated carbocycles. The maximum Gasteiger partial charge on any atom is 0.253 e. The van der Waals surface area contributed by atoms with Gasteiger partial charge in [-0.15, -0.1) is 0 Å². The van der Waals surface area contributed by atoms with Crippen LogP contribution in [0, 0.1) is 0 Å². The molecule has 0 aliphatic carbocycles. The molecule has 2 N–H and O–H groups in total. The zero-order chi connectivity index (χ0) is 11.7. The van der Waals surface area contributed by atoms with Crippen LogP contribution >= 0.6 is 0 Å². The van der Waals surface area contributed by atoms with Gasteiger partial charge in [0.25, 0.3) is 5.91 Å². The van der Waals surface area contributed by atoms with Gasteiger partial charge in [0.15, 0.2) is 0 Å². The topological polar surface area (TPSA) is 67.0 Å². The number of benzene rings is 1. The number of ether oxygens (including phenoxy) is 1. The quantitative estimate of drug-likeness (QED) is 0.826. The molecule has 1 aromatic heterocycles. The number of hydrogen-bond acceptors (Lipinski definition) is 3. The summed E-state index contributed by atoms with van der Waals surface area (Å²) < 4.78 is 5.33. The molecule has 0 radical (unpaired) electrons. The minimum Gasteiger partial charge on any atom is -0.368 e. The fourth-order valence-corrected chi connectivity index (χ4v) is 2.02. The Labute approximate surface area is 98.2 Å². The van der Waals surface area contributed by atoms with Crippen LogP contribution < -0.4 is 5.32 Å². The number of fused-ring (bicyclic) bond motifs is 1. The van der Waals surface area contributed by atoms with Gasteiger partial charge < -0.3 is 10.1 Å². The van der Waals surface area contributed by atoms with Gasteiger partial charge in [-0.1, -0.05) is 0 Å². The van der Waals surface area contributed by atoms with Crippen LogP contribution in [0.25, 0.3) is 10.9 Å². The van der Waals surface area contributed by atoms with Crippen molar-refractivity contribution in [1.82, 2.24) is 10.2 Å².